The van der Waals surface area contributed by atoms with Crippen LogP contribution in [0.1, 0.15) is 40.7 Å². The first-order valence-corrected chi connectivity index (χ1v) is 15.1. The maximum Gasteiger partial charge on any atom is 0.208 e. The van der Waals surface area contributed by atoms with Crippen LogP contribution in [0.2, 0.25) is 0 Å². The largest absolute Gasteiger partial charge is 0.497 e. The van der Waals surface area contributed by atoms with Gasteiger partial charge in [0, 0.05) is 71.6 Å². The molecule has 0 spiro atoms. The van der Waals surface area contributed by atoms with Crippen molar-refractivity contribution in [1.29, 1.82) is 0 Å². The minimum Gasteiger partial charge on any atom is -0.497 e. The van der Waals surface area contributed by atoms with E-state index in [2.05, 4.69) is 39.2 Å². The number of rotatable bonds is 15. The summed E-state index contributed by atoms with van der Waals surface area (Å²) < 4.78 is 13.1. The van der Waals surface area contributed by atoms with Crippen molar-refractivity contribution in [3.8, 4) is 11.5 Å². The molecule has 5 rings (SSSR count). The smallest absolute Gasteiger partial charge is 0.208 e. The Morgan fingerprint density at radius 3 is 2.57 bits per heavy atom. The number of pyridine rings is 1. The van der Waals surface area contributed by atoms with E-state index in [9.17, 15) is 4.79 Å². The minimum absolute atomic E-state index is 0.123. The number of fused-ring (bicyclic) bond motifs is 1. The Labute approximate surface area is 250 Å². The van der Waals surface area contributed by atoms with Crippen molar-refractivity contribution in [3.05, 3.63) is 94.4 Å². The average Bonchev–Trinajstić information content (AvgIpc) is 3.65. The van der Waals surface area contributed by atoms with Crippen LogP contribution in [0.3, 0.4) is 0 Å². The molecule has 42 heavy (non-hydrogen) atoms. The summed E-state index contributed by atoms with van der Waals surface area (Å²) in [4.78, 5) is 23.6. The van der Waals surface area contributed by atoms with Crippen molar-refractivity contribution in [2.75, 3.05) is 26.1 Å². The number of hydrogen-bond donors (Lipinski definition) is 2. The van der Waals surface area contributed by atoms with Crippen LogP contribution >= 0.6 is 11.3 Å². The number of imidazole rings is 1. The molecule has 218 valence electrons. The Balaban J connectivity index is 1.33. The number of carbonyl (C=O) groups excluding carboxylic acids is 1. The first-order valence-electron chi connectivity index (χ1n) is 14.2. The number of ether oxygens (including phenoxy) is 2. The normalized spacial score (nSPS) is 11.9. The molecule has 1 unspecified atom stereocenters. The summed E-state index contributed by atoms with van der Waals surface area (Å²) in [6, 6.07) is 21.9. The number of benzene rings is 2. The highest BCUT2D eigenvalue weighted by molar-refractivity contribution is 7.09. The summed E-state index contributed by atoms with van der Waals surface area (Å²) in [7, 11) is 3.26. The molecular weight excluding hydrogens is 546 g/mol. The molecule has 9 heteroatoms. The number of methoxy groups -OCH3 is 2. The molecule has 5 aromatic rings. The highest BCUT2D eigenvalue weighted by Gasteiger charge is 2.15. The third-order valence-corrected chi connectivity index (χ3v) is 8.09. The second-order valence-electron chi connectivity index (χ2n) is 10.3. The second-order valence-corrected chi connectivity index (χ2v) is 11.3. The fraction of sp³-hybridized carbons (Fsp3) is 0.303. The van der Waals surface area contributed by atoms with Gasteiger partial charge < -0.3 is 24.7 Å². The van der Waals surface area contributed by atoms with Gasteiger partial charge in [0.1, 0.15) is 11.5 Å². The van der Waals surface area contributed by atoms with Crippen molar-refractivity contribution >= 4 is 39.8 Å². The standard InChI is InChI=1S/C33H37N5O3S/c1-23(18-25-8-4-5-14-35-25)34-15-7-16-38-31-12-10-24(32(39)13-11-29-9-6-17-42-29)19-30(31)37-33(38)36-26-20-27(40-2)22-28(21-26)41-3/h4-6,8-10,12,14,17,19-23,34H,7,11,13,15-16,18H2,1-3H3,(H,36,37). The summed E-state index contributed by atoms with van der Waals surface area (Å²) in [5, 5.41) is 9.13. The predicted molar refractivity (Wildman–Crippen MR) is 170 cm³/mol. The lowest BCUT2D eigenvalue weighted by atomic mass is 10.1. The van der Waals surface area contributed by atoms with E-state index in [0.717, 1.165) is 54.8 Å². The van der Waals surface area contributed by atoms with Gasteiger partial charge >= 0.3 is 0 Å². The van der Waals surface area contributed by atoms with Crippen molar-refractivity contribution in [2.24, 2.45) is 0 Å². The van der Waals surface area contributed by atoms with Gasteiger partial charge in [-0.3, -0.25) is 9.78 Å². The Morgan fingerprint density at radius 1 is 1.02 bits per heavy atom. The maximum atomic E-state index is 13.0. The predicted octanol–water partition coefficient (Wildman–Crippen LogP) is 6.68. The monoisotopic (exact) mass is 583 g/mol. The van der Waals surface area contributed by atoms with Crippen molar-refractivity contribution in [1.82, 2.24) is 19.9 Å². The van der Waals surface area contributed by atoms with Crippen LogP contribution in [0.25, 0.3) is 11.0 Å². The molecule has 1 atom stereocenters. The molecule has 3 aromatic heterocycles. The Bertz CT molecular complexity index is 1580. The van der Waals surface area contributed by atoms with Gasteiger partial charge in [-0.05, 0) is 68.1 Å². The van der Waals surface area contributed by atoms with Gasteiger partial charge in [0.05, 0.1) is 25.3 Å². The molecule has 0 saturated carbocycles. The zero-order valence-electron chi connectivity index (χ0n) is 24.3. The zero-order valence-corrected chi connectivity index (χ0v) is 25.1. The molecule has 0 aliphatic carbocycles. The summed E-state index contributed by atoms with van der Waals surface area (Å²) in [6.07, 6.45) is 4.84. The Hall–Kier alpha value is -4.21. The lowest BCUT2D eigenvalue weighted by Crippen LogP contribution is -2.29. The summed E-state index contributed by atoms with van der Waals surface area (Å²) >= 11 is 1.68. The molecule has 2 aromatic carbocycles. The Morgan fingerprint density at radius 2 is 1.86 bits per heavy atom. The molecule has 2 N–H and O–H groups in total. The number of aromatic nitrogens is 3. The number of Topliss-reactive ketones (excluding diaryl/α,β-unsaturated/α-hetero) is 1. The number of nitrogens with zero attached hydrogens (tertiary/aromatic N) is 3. The summed E-state index contributed by atoms with van der Waals surface area (Å²) in [6.45, 7) is 3.77. The summed E-state index contributed by atoms with van der Waals surface area (Å²) in [5.74, 6) is 2.19. The van der Waals surface area contributed by atoms with E-state index in [-0.39, 0.29) is 5.78 Å². The van der Waals surface area contributed by atoms with Crippen molar-refractivity contribution < 1.29 is 14.3 Å². The lowest BCUT2D eigenvalue weighted by molar-refractivity contribution is 0.0983. The third kappa shape index (κ3) is 7.54. The van der Waals surface area contributed by atoms with E-state index in [0.29, 0.717) is 35.5 Å². The quantitative estimate of drug-likeness (QED) is 0.105. The van der Waals surface area contributed by atoms with Gasteiger partial charge in [0.2, 0.25) is 5.95 Å². The Kier molecular flexibility index (Phi) is 9.84. The average molecular weight is 584 g/mol. The van der Waals surface area contributed by atoms with E-state index in [1.165, 1.54) is 4.88 Å². The summed E-state index contributed by atoms with van der Waals surface area (Å²) in [5.41, 5.74) is 4.33. The molecule has 0 aliphatic heterocycles. The van der Waals surface area contributed by atoms with Gasteiger partial charge in [-0.15, -0.1) is 11.3 Å². The lowest BCUT2D eigenvalue weighted by Gasteiger charge is -2.15. The van der Waals surface area contributed by atoms with Crippen LogP contribution in [-0.2, 0) is 19.4 Å². The highest BCUT2D eigenvalue weighted by Crippen LogP contribution is 2.30. The number of thiophene rings is 1. The number of aryl methyl sites for hydroxylation is 2. The first-order chi connectivity index (χ1) is 20.5. The number of hydrogen-bond acceptors (Lipinski definition) is 8. The van der Waals surface area contributed by atoms with E-state index in [1.54, 1.807) is 25.6 Å². The van der Waals surface area contributed by atoms with Crippen LogP contribution in [-0.4, -0.2) is 47.1 Å². The van der Waals surface area contributed by atoms with Crippen LogP contribution < -0.4 is 20.1 Å². The fourth-order valence-corrected chi connectivity index (χ4v) is 5.67. The van der Waals surface area contributed by atoms with E-state index < -0.39 is 0 Å². The van der Waals surface area contributed by atoms with Crippen LogP contribution in [0.4, 0.5) is 11.6 Å². The van der Waals surface area contributed by atoms with E-state index in [1.807, 2.05) is 66.2 Å². The van der Waals surface area contributed by atoms with E-state index in [4.69, 9.17) is 14.5 Å². The molecule has 3 heterocycles. The second kappa shape index (κ2) is 14.1. The molecule has 0 bridgehead atoms. The highest BCUT2D eigenvalue weighted by atomic mass is 32.1. The van der Waals surface area contributed by atoms with Gasteiger partial charge in [-0.2, -0.15) is 0 Å². The topological polar surface area (TPSA) is 90.3 Å². The number of ketones is 1. The van der Waals surface area contributed by atoms with Crippen molar-refractivity contribution in [2.45, 2.75) is 45.2 Å². The molecular formula is C33H37N5O3S. The molecule has 0 saturated heterocycles. The van der Waals surface area contributed by atoms with Gasteiger partial charge in [-0.25, -0.2) is 4.98 Å². The van der Waals surface area contributed by atoms with Crippen LogP contribution in [0, 0.1) is 0 Å². The van der Waals surface area contributed by atoms with Crippen molar-refractivity contribution in [3.63, 3.8) is 0 Å². The first kappa shape index (κ1) is 29.3. The van der Waals surface area contributed by atoms with Gasteiger partial charge in [0.25, 0.3) is 0 Å². The number of anilines is 2. The van der Waals surface area contributed by atoms with Gasteiger partial charge in [-0.1, -0.05) is 12.1 Å². The molecule has 8 nitrogen and oxygen atoms in total. The van der Waals surface area contributed by atoms with Crippen LogP contribution in [0.15, 0.2) is 78.3 Å². The third-order valence-electron chi connectivity index (χ3n) is 7.15. The zero-order chi connectivity index (χ0) is 29.3. The molecule has 0 amide bonds. The van der Waals surface area contributed by atoms with E-state index >= 15 is 0 Å². The fourth-order valence-electron chi connectivity index (χ4n) is 4.96. The SMILES string of the molecule is COc1cc(Nc2nc3cc(C(=O)CCc4cccs4)ccc3n2CCCNC(C)Cc2ccccn2)cc(OC)c1. The number of carbonyl (C=O) groups is 1. The number of nitrogens with one attached hydrogen (secondary N) is 2. The molecule has 0 radical (unpaired) electrons. The molecule has 0 aliphatic rings. The molecule has 0 fully saturated rings. The van der Waals surface area contributed by atoms with Gasteiger partial charge in [0.15, 0.2) is 5.78 Å². The van der Waals surface area contributed by atoms with Crippen LogP contribution in [0.5, 0.6) is 11.5 Å². The maximum absolute atomic E-state index is 13.0. The minimum atomic E-state index is 0.123.